The molecule has 0 aromatic carbocycles. The van der Waals surface area contributed by atoms with E-state index in [4.69, 9.17) is 16.1 Å². The van der Waals surface area contributed by atoms with Crippen LogP contribution in [0.2, 0.25) is 5.15 Å². The topological polar surface area (TPSA) is 148 Å². The van der Waals surface area contributed by atoms with Gasteiger partial charge in [-0.1, -0.05) is 36.5 Å². The normalized spacial score (nSPS) is 19.5. The number of aryl methyl sites for hydroxylation is 1. The molecule has 0 aliphatic heterocycles. The lowest BCUT2D eigenvalue weighted by Crippen LogP contribution is -2.49. The number of hydrogen-bond acceptors (Lipinski definition) is 7. The summed E-state index contributed by atoms with van der Waals surface area (Å²) in [6.07, 6.45) is 5.84. The van der Waals surface area contributed by atoms with Crippen molar-refractivity contribution >= 4 is 29.1 Å². The Labute approximate surface area is 210 Å². The van der Waals surface area contributed by atoms with E-state index in [1.807, 2.05) is 0 Å². The van der Waals surface area contributed by atoms with Crippen LogP contribution in [0.3, 0.4) is 0 Å². The van der Waals surface area contributed by atoms with Crippen LogP contribution in [0.15, 0.2) is 27.8 Å². The van der Waals surface area contributed by atoms with E-state index in [0.717, 1.165) is 25.7 Å². The molecule has 1 fully saturated rings. The van der Waals surface area contributed by atoms with Gasteiger partial charge < -0.3 is 15.2 Å². The number of aromatic nitrogens is 5. The van der Waals surface area contributed by atoms with Crippen LogP contribution in [0.1, 0.15) is 67.2 Å². The fraction of sp³-hybridized carbons (Fsp3) is 0.478. The largest absolute Gasteiger partial charge is 0.364 e. The van der Waals surface area contributed by atoms with E-state index in [1.54, 1.807) is 13.8 Å². The number of aromatic amines is 1. The third kappa shape index (κ3) is 5.48. The molecular formula is C23H27ClFN7O4. The minimum Gasteiger partial charge on any atom is -0.364 e. The quantitative estimate of drug-likeness (QED) is 0.434. The summed E-state index contributed by atoms with van der Waals surface area (Å²) in [7, 11) is 0. The molecule has 0 saturated heterocycles. The first-order valence-corrected chi connectivity index (χ1v) is 12.0. The maximum Gasteiger partial charge on any atom is 0.269 e. The Balaban J connectivity index is 1.55. The minimum atomic E-state index is -0.927. The van der Waals surface area contributed by atoms with Crippen molar-refractivity contribution < 1.29 is 18.5 Å². The van der Waals surface area contributed by atoms with Crippen molar-refractivity contribution in [1.29, 1.82) is 0 Å². The summed E-state index contributed by atoms with van der Waals surface area (Å²) in [5.41, 5.74) is 0.183. The van der Waals surface area contributed by atoms with E-state index in [0.29, 0.717) is 11.6 Å². The van der Waals surface area contributed by atoms with Gasteiger partial charge in [0.1, 0.15) is 28.7 Å². The van der Waals surface area contributed by atoms with Crippen molar-refractivity contribution in [2.24, 2.45) is 11.8 Å². The minimum absolute atomic E-state index is 0.0704. The van der Waals surface area contributed by atoms with Gasteiger partial charge in [-0.3, -0.25) is 19.1 Å². The van der Waals surface area contributed by atoms with Crippen molar-refractivity contribution in [3.63, 3.8) is 0 Å². The molecule has 0 spiro atoms. The molecule has 2 atom stereocenters. The van der Waals surface area contributed by atoms with Crippen molar-refractivity contribution in [3.8, 4) is 0 Å². The van der Waals surface area contributed by atoms with Crippen LogP contribution >= 0.6 is 11.6 Å². The molecule has 11 nitrogen and oxygen atoms in total. The zero-order valence-electron chi connectivity index (χ0n) is 20.0. The van der Waals surface area contributed by atoms with Gasteiger partial charge in [0, 0.05) is 5.56 Å². The van der Waals surface area contributed by atoms with Crippen molar-refractivity contribution in [1.82, 2.24) is 30.5 Å². The molecule has 36 heavy (non-hydrogen) atoms. The Hall–Kier alpha value is -3.54. The Morgan fingerprint density at radius 2 is 2.03 bits per heavy atom. The van der Waals surface area contributed by atoms with Gasteiger partial charge >= 0.3 is 0 Å². The van der Waals surface area contributed by atoms with E-state index in [2.05, 4.69) is 38.0 Å². The third-order valence-corrected chi connectivity index (χ3v) is 6.88. The molecule has 0 radical (unpaired) electrons. The van der Waals surface area contributed by atoms with Crippen LogP contribution in [0.5, 0.6) is 0 Å². The van der Waals surface area contributed by atoms with Gasteiger partial charge in [-0.25, -0.2) is 5.10 Å². The van der Waals surface area contributed by atoms with Gasteiger partial charge in [0.2, 0.25) is 5.91 Å². The molecule has 4 rings (SSSR count). The smallest absolute Gasteiger partial charge is 0.269 e. The van der Waals surface area contributed by atoms with Gasteiger partial charge in [0.25, 0.3) is 17.4 Å². The lowest BCUT2D eigenvalue weighted by molar-refractivity contribution is -0.119. The molecule has 0 bridgehead atoms. The van der Waals surface area contributed by atoms with Gasteiger partial charge in [-0.15, -0.1) is 5.10 Å². The molecule has 192 valence electrons. The van der Waals surface area contributed by atoms with Crippen LogP contribution < -0.4 is 16.2 Å². The molecule has 1 aliphatic rings. The highest BCUT2D eigenvalue weighted by Gasteiger charge is 2.34. The Kier molecular flexibility index (Phi) is 7.53. The average molecular weight is 520 g/mol. The fourth-order valence-electron chi connectivity index (χ4n) is 4.46. The summed E-state index contributed by atoms with van der Waals surface area (Å²) in [6.45, 7) is 5.41. The number of nitrogens with zero attached hydrogens (tertiary/aromatic N) is 4. The van der Waals surface area contributed by atoms with Crippen LogP contribution in [-0.4, -0.2) is 43.0 Å². The number of halogens is 2. The zero-order chi connectivity index (χ0) is 26.0. The SMILES string of the molecule is Cc1nocc1C(=O)NC(C(=O)Nc1cn([C@@H](C)c2cc(Cl)n[nH]c2=O)nc1F)C1CCC(C)CC1. The Morgan fingerprint density at radius 1 is 1.31 bits per heavy atom. The molecule has 1 unspecified atom stereocenters. The molecular weight excluding hydrogens is 493 g/mol. The van der Waals surface area contributed by atoms with Gasteiger partial charge in [0.05, 0.1) is 17.9 Å². The number of nitrogens with one attached hydrogen (secondary N) is 3. The standard InChI is InChI=1S/C23H27ClFN7O4/c1-11-4-6-14(7-5-11)19(27-21(33)16-10-36-31-12(16)2)23(35)26-17-9-32(30-20(17)25)13(3)15-8-18(24)28-29-22(15)34/h8-11,13-14,19H,4-7H2,1-3H3,(H,26,35)(H,27,33)(H,29,34)/t11?,13-,14?,19?/m0/s1. The highest BCUT2D eigenvalue weighted by Crippen LogP contribution is 2.31. The van der Waals surface area contributed by atoms with Crippen LogP contribution in [0.4, 0.5) is 10.1 Å². The third-order valence-electron chi connectivity index (χ3n) is 6.69. The van der Waals surface area contributed by atoms with Gasteiger partial charge in [-0.2, -0.15) is 9.49 Å². The van der Waals surface area contributed by atoms with E-state index in [-0.39, 0.29) is 27.9 Å². The number of anilines is 1. The van der Waals surface area contributed by atoms with E-state index in [1.165, 1.54) is 23.2 Å². The van der Waals surface area contributed by atoms with Crippen molar-refractivity contribution in [2.45, 2.75) is 58.5 Å². The number of carbonyl (C=O) groups is 2. The molecule has 3 N–H and O–H groups in total. The van der Waals surface area contributed by atoms with E-state index in [9.17, 15) is 18.8 Å². The number of carbonyl (C=O) groups excluding carboxylic acids is 2. The monoisotopic (exact) mass is 519 g/mol. The van der Waals surface area contributed by atoms with Gasteiger partial charge in [0.15, 0.2) is 0 Å². The first-order valence-electron chi connectivity index (χ1n) is 11.7. The van der Waals surface area contributed by atoms with Crippen LogP contribution in [0, 0.1) is 24.7 Å². The fourth-order valence-corrected chi connectivity index (χ4v) is 4.62. The molecule has 2 amide bonds. The first-order chi connectivity index (χ1) is 17.1. The summed E-state index contributed by atoms with van der Waals surface area (Å²) >= 11 is 5.87. The summed E-state index contributed by atoms with van der Waals surface area (Å²) in [5.74, 6) is -1.58. The predicted octanol–water partition coefficient (Wildman–Crippen LogP) is 3.23. The lowest BCUT2D eigenvalue weighted by Gasteiger charge is -2.32. The van der Waals surface area contributed by atoms with Crippen LogP contribution in [-0.2, 0) is 4.79 Å². The molecule has 3 heterocycles. The second kappa shape index (κ2) is 10.6. The number of rotatable bonds is 7. The summed E-state index contributed by atoms with van der Waals surface area (Å²) in [5, 5.41) is 18.8. The highest BCUT2D eigenvalue weighted by molar-refractivity contribution is 6.29. The number of H-pyrrole nitrogens is 1. The molecule has 13 heteroatoms. The van der Waals surface area contributed by atoms with Crippen molar-refractivity contribution in [3.05, 3.63) is 56.8 Å². The highest BCUT2D eigenvalue weighted by atomic mass is 35.5. The van der Waals surface area contributed by atoms with Crippen LogP contribution in [0.25, 0.3) is 0 Å². The number of hydrogen-bond donors (Lipinski definition) is 3. The molecule has 1 aliphatic carbocycles. The average Bonchev–Trinajstić information content (AvgIpc) is 3.44. The summed E-state index contributed by atoms with van der Waals surface area (Å²) in [4.78, 5) is 38.3. The maximum atomic E-state index is 14.7. The second-order valence-electron chi connectivity index (χ2n) is 9.24. The van der Waals surface area contributed by atoms with Crippen molar-refractivity contribution in [2.75, 3.05) is 5.32 Å². The predicted molar refractivity (Wildman–Crippen MR) is 128 cm³/mol. The summed E-state index contributed by atoms with van der Waals surface area (Å²) < 4.78 is 20.8. The second-order valence-corrected chi connectivity index (χ2v) is 9.63. The van der Waals surface area contributed by atoms with E-state index < -0.39 is 35.4 Å². The Bertz CT molecular complexity index is 1310. The van der Waals surface area contributed by atoms with E-state index >= 15 is 0 Å². The maximum absolute atomic E-state index is 14.7. The molecule has 3 aromatic rings. The summed E-state index contributed by atoms with van der Waals surface area (Å²) in [6, 6.07) is -0.228. The van der Waals surface area contributed by atoms with Gasteiger partial charge in [-0.05, 0) is 44.6 Å². The first kappa shape index (κ1) is 25.5. The zero-order valence-corrected chi connectivity index (χ0v) is 20.8. The lowest BCUT2D eigenvalue weighted by atomic mass is 9.79. The molecule has 3 aromatic heterocycles. The molecule has 1 saturated carbocycles. The Morgan fingerprint density at radius 3 is 2.69 bits per heavy atom. The number of amides is 2.